The van der Waals surface area contributed by atoms with Gasteiger partial charge in [-0.05, 0) is 25.1 Å². The smallest absolute Gasteiger partial charge is 0.138 e. The van der Waals surface area contributed by atoms with Gasteiger partial charge in [-0.2, -0.15) is 0 Å². The monoisotopic (exact) mass is 346 g/mol. The quantitative estimate of drug-likeness (QED) is 0.807. The predicted molar refractivity (Wildman–Crippen MR) is 86.5 cm³/mol. The number of thiazole rings is 1. The van der Waals surface area contributed by atoms with Gasteiger partial charge in [0.25, 0.3) is 0 Å². The van der Waals surface area contributed by atoms with E-state index < -0.39 is 6.10 Å². The summed E-state index contributed by atoms with van der Waals surface area (Å²) in [6.45, 7) is 3.25. The van der Waals surface area contributed by atoms with Gasteiger partial charge in [-0.3, -0.25) is 0 Å². The van der Waals surface area contributed by atoms with E-state index in [2.05, 4.69) is 10.3 Å². The number of benzene rings is 1. The summed E-state index contributed by atoms with van der Waals surface area (Å²) in [6.07, 6.45) is 1.22. The zero-order valence-electron chi connectivity index (χ0n) is 11.5. The van der Waals surface area contributed by atoms with E-state index in [-0.39, 0.29) is 6.61 Å². The Kier molecular flexibility index (Phi) is 6.26. The molecule has 2 rings (SSSR count). The molecule has 114 valence electrons. The molecule has 0 aliphatic carbocycles. The van der Waals surface area contributed by atoms with Crippen molar-refractivity contribution in [1.29, 1.82) is 0 Å². The molecule has 1 aromatic heterocycles. The Hall–Kier alpha value is -0.850. The van der Waals surface area contributed by atoms with Gasteiger partial charge in [0.05, 0.1) is 10.0 Å². The highest BCUT2D eigenvalue weighted by molar-refractivity contribution is 7.11. The number of nitrogens with one attached hydrogen (secondary N) is 1. The number of aryl methyl sites for hydroxylation is 1. The van der Waals surface area contributed by atoms with Crippen LogP contribution in [-0.2, 0) is 6.54 Å². The van der Waals surface area contributed by atoms with Gasteiger partial charge in [-0.15, -0.1) is 11.3 Å². The minimum Gasteiger partial charge on any atom is -0.489 e. The average molecular weight is 347 g/mol. The number of ether oxygens (including phenoxy) is 1. The summed E-state index contributed by atoms with van der Waals surface area (Å²) >= 11 is 13.4. The molecule has 0 saturated heterocycles. The van der Waals surface area contributed by atoms with Crippen molar-refractivity contribution >= 4 is 34.5 Å². The second-order valence-electron chi connectivity index (χ2n) is 4.52. The van der Waals surface area contributed by atoms with Crippen LogP contribution in [-0.4, -0.2) is 29.3 Å². The van der Waals surface area contributed by atoms with E-state index in [1.54, 1.807) is 29.5 Å². The fourth-order valence-electron chi connectivity index (χ4n) is 1.69. The third-order valence-electron chi connectivity index (χ3n) is 2.67. The molecule has 0 bridgehead atoms. The van der Waals surface area contributed by atoms with Crippen LogP contribution in [0.4, 0.5) is 0 Å². The lowest BCUT2D eigenvalue weighted by atomic mass is 10.3. The molecule has 2 N–H and O–H groups in total. The maximum Gasteiger partial charge on any atom is 0.138 e. The molecular weight excluding hydrogens is 331 g/mol. The standard InChI is InChI=1S/C14H16Cl2N2O2S/c1-9-18-7-12(21-9)6-17-5-11(19)8-20-14-3-2-10(15)4-13(14)16/h2-4,7,11,17,19H,5-6,8H2,1H3. The lowest BCUT2D eigenvalue weighted by Crippen LogP contribution is -2.31. The fourth-order valence-corrected chi connectivity index (χ4v) is 2.91. The highest BCUT2D eigenvalue weighted by Crippen LogP contribution is 2.27. The first-order valence-electron chi connectivity index (χ1n) is 6.42. The lowest BCUT2D eigenvalue weighted by molar-refractivity contribution is 0.106. The van der Waals surface area contributed by atoms with Crippen molar-refractivity contribution in [1.82, 2.24) is 10.3 Å². The number of aliphatic hydroxyl groups excluding tert-OH is 1. The molecule has 0 saturated carbocycles. The van der Waals surface area contributed by atoms with Gasteiger partial charge in [0.2, 0.25) is 0 Å². The van der Waals surface area contributed by atoms with Gasteiger partial charge in [0.15, 0.2) is 0 Å². The maximum absolute atomic E-state index is 9.87. The molecule has 21 heavy (non-hydrogen) atoms. The molecule has 0 radical (unpaired) electrons. The van der Waals surface area contributed by atoms with E-state index in [1.165, 1.54) is 0 Å². The molecular formula is C14H16Cl2N2O2S. The Morgan fingerprint density at radius 2 is 2.24 bits per heavy atom. The Bertz CT molecular complexity index is 592. The Morgan fingerprint density at radius 3 is 2.90 bits per heavy atom. The van der Waals surface area contributed by atoms with Crippen molar-refractivity contribution in [3.05, 3.63) is 44.3 Å². The number of halogens is 2. The number of nitrogens with zero attached hydrogens (tertiary/aromatic N) is 1. The summed E-state index contributed by atoms with van der Waals surface area (Å²) in [7, 11) is 0. The van der Waals surface area contributed by atoms with Gasteiger partial charge in [0, 0.05) is 29.2 Å². The van der Waals surface area contributed by atoms with Crippen molar-refractivity contribution in [2.75, 3.05) is 13.2 Å². The molecule has 4 nitrogen and oxygen atoms in total. The second-order valence-corrected chi connectivity index (χ2v) is 6.68. The van der Waals surface area contributed by atoms with Crippen LogP contribution in [0.3, 0.4) is 0 Å². The van der Waals surface area contributed by atoms with Crippen molar-refractivity contribution in [3.8, 4) is 5.75 Å². The molecule has 0 spiro atoms. The first kappa shape index (κ1) is 16.5. The number of hydrogen-bond donors (Lipinski definition) is 2. The van der Waals surface area contributed by atoms with Gasteiger partial charge in [-0.25, -0.2) is 4.98 Å². The normalized spacial score (nSPS) is 12.4. The molecule has 0 aliphatic rings. The predicted octanol–water partition coefficient (Wildman–Crippen LogP) is 3.29. The zero-order chi connectivity index (χ0) is 15.2. The van der Waals surface area contributed by atoms with Gasteiger partial charge < -0.3 is 15.2 Å². The zero-order valence-corrected chi connectivity index (χ0v) is 13.8. The number of aliphatic hydroxyl groups is 1. The van der Waals surface area contributed by atoms with Gasteiger partial charge >= 0.3 is 0 Å². The SMILES string of the molecule is Cc1ncc(CNCC(O)COc2ccc(Cl)cc2Cl)s1. The maximum atomic E-state index is 9.87. The minimum absolute atomic E-state index is 0.163. The van der Waals surface area contributed by atoms with Crippen molar-refractivity contribution < 1.29 is 9.84 Å². The highest BCUT2D eigenvalue weighted by atomic mass is 35.5. The van der Waals surface area contributed by atoms with E-state index in [9.17, 15) is 5.11 Å². The summed E-state index contributed by atoms with van der Waals surface area (Å²) in [4.78, 5) is 5.31. The van der Waals surface area contributed by atoms with Crippen molar-refractivity contribution in [3.63, 3.8) is 0 Å². The Morgan fingerprint density at radius 1 is 1.43 bits per heavy atom. The van der Waals surface area contributed by atoms with E-state index >= 15 is 0 Å². The van der Waals surface area contributed by atoms with Crippen LogP contribution >= 0.6 is 34.5 Å². The Balaban J connectivity index is 1.70. The summed E-state index contributed by atoms with van der Waals surface area (Å²) < 4.78 is 5.47. The first-order valence-corrected chi connectivity index (χ1v) is 8.00. The molecule has 0 aliphatic heterocycles. The van der Waals surface area contributed by atoms with E-state index in [0.717, 1.165) is 9.88 Å². The van der Waals surface area contributed by atoms with Crippen molar-refractivity contribution in [2.24, 2.45) is 0 Å². The number of rotatable bonds is 7. The topological polar surface area (TPSA) is 54.4 Å². The first-order chi connectivity index (χ1) is 10.0. The van der Waals surface area contributed by atoms with Gasteiger partial charge in [-0.1, -0.05) is 23.2 Å². The van der Waals surface area contributed by atoms with Crippen molar-refractivity contribution in [2.45, 2.75) is 19.6 Å². The molecule has 0 fully saturated rings. The highest BCUT2D eigenvalue weighted by Gasteiger charge is 2.08. The molecule has 1 heterocycles. The lowest BCUT2D eigenvalue weighted by Gasteiger charge is -2.13. The molecule has 0 amide bonds. The van der Waals surface area contributed by atoms with E-state index in [4.69, 9.17) is 27.9 Å². The van der Waals surface area contributed by atoms with E-state index in [1.807, 2.05) is 13.1 Å². The molecule has 1 atom stereocenters. The average Bonchev–Trinajstić information content (AvgIpc) is 2.83. The fraction of sp³-hybridized carbons (Fsp3) is 0.357. The van der Waals surface area contributed by atoms with Crippen LogP contribution in [0.25, 0.3) is 0 Å². The van der Waals surface area contributed by atoms with Crippen LogP contribution in [0.2, 0.25) is 10.0 Å². The van der Waals surface area contributed by atoms with Crippen LogP contribution in [0.15, 0.2) is 24.4 Å². The Labute approximate surface area is 137 Å². The van der Waals surface area contributed by atoms with Crippen LogP contribution < -0.4 is 10.1 Å². The number of aromatic nitrogens is 1. The molecule has 2 aromatic rings. The molecule has 1 unspecified atom stereocenters. The third-order valence-corrected chi connectivity index (χ3v) is 4.12. The van der Waals surface area contributed by atoms with Crippen LogP contribution in [0.1, 0.15) is 9.88 Å². The van der Waals surface area contributed by atoms with E-state index in [0.29, 0.717) is 28.9 Å². The molecule has 7 heteroatoms. The summed E-state index contributed by atoms with van der Waals surface area (Å²) in [5, 5.41) is 15.1. The largest absolute Gasteiger partial charge is 0.489 e. The summed E-state index contributed by atoms with van der Waals surface area (Å²) in [6, 6.07) is 4.99. The van der Waals surface area contributed by atoms with Crippen LogP contribution in [0.5, 0.6) is 5.75 Å². The summed E-state index contributed by atoms with van der Waals surface area (Å²) in [5.41, 5.74) is 0. The summed E-state index contributed by atoms with van der Waals surface area (Å²) in [5.74, 6) is 0.512. The minimum atomic E-state index is -0.620. The molecule has 1 aromatic carbocycles. The third kappa shape index (κ3) is 5.45. The number of hydrogen-bond acceptors (Lipinski definition) is 5. The second kappa shape index (κ2) is 7.96. The van der Waals surface area contributed by atoms with Crippen LogP contribution in [0, 0.1) is 6.92 Å². The van der Waals surface area contributed by atoms with Gasteiger partial charge in [0.1, 0.15) is 18.5 Å².